The SMILES string of the molecule is CC(C=O)c1ccc(C(C)(C)C)cc1C(C)(C)C. The first kappa shape index (κ1) is 14.9. The van der Waals surface area contributed by atoms with Crippen molar-refractivity contribution in [2.24, 2.45) is 0 Å². The number of hydrogen-bond donors (Lipinski definition) is 0. The molecule has 0 amide bonds. The summed E-state index contributed by atoms with van der Waals surface area (Å²) in [6.07, 6.45) is 1.03. The van der Waals surface area contributed by atoms with Gasteiger partial charge in [0, 0.05) is 5.92 Å². The van der Waals surface area contributed by atoms with Crippen LogP contribution >= 0.6 is 0 Å². The average Bonchev–Trinajstić information content (AvgIpc) is 2.24. The van der Waals surface area contributed by atoms with Gasteiger partial charge in [0.25, 0.3) is 0 Å². The zero-order chi connectivity index (χ0) is 14.1. The molecule has 0 heterocycles. The zero-order valence-corrected chi connectivity index (χ0v) is 12.8. The minimum absolute atomic E-state index is 0.0340. The largest absolute Gasteiger partial charge is 0.303 e. The van der Waals surface area contributed by atoms with Gasteiger partial charge in [-0.15, -0.1) is 0 Å². The van der Waals surface area contributed by atoms with Crippen molar-refractivity contribution in [1.29, 1.82) is 0 Å². The Morgan fingerprint density at radius 3 is 1.94 bits per heavy atom. The molecule has 0 bridgehead atoms. The lowest BCUT2D eigenvalue weighted by molar-refractivity contribution is -0.108. The summed E-state index contributed by atoms with van der Waals surface area (Å²) in [5, 5.41) is 0. The highest BCUT2D eigenvalue weighted by atomic mass is 16.1. The number of carbonyl (C=O) groups excluding carboxylic acids is 1. The minimum atomic E-state index is -0.0340. The van der Waals surface area contributed by atoms with Gasteiger partial charge in [0.15, 0.2) is 0 Å². The molecular weight excluding hydrogens is 220 g/mol. The third kappa shape index (κ3) is 3.22. The van der Waals surface area contributed by atoms with E-state index >= 15 is 0 Å². The lowest BCUT2D eigenvalue weighted by Gasteiger charge is -2.28. The molecule has 0 fully saturated rings. The first-order chi connectivity index (χ1) is 8.07. The summed E-state index contributed by atoms with van der Waals surface area (Å²) in [7, 11) is 0. The Labute approximate surface area is 112 Å². The smallest absolute Gasteiger partial charge is 0.127 e. The van der Waals surface area contributed by atoms with E-state index in [9.17, 15) is 4.79 Å². The number of carbonyl (C=O) groups is 1. The molecule has 1 nitrogen and oxygen atoms in total. The molecule has 1 unspecified atom stereocenters. The predicted octanol–water partition coefficient (Wildman–Crippen LogP) is 4.58. The lowest BCUT2D eigenvalue weighted by atomic mass is 9.76. The fourth-order valence-corrected chi connectivity index (χ4v) is 2.14. The standard InChI is InChI=1S/C17H26O/c1-12(11-18)14-9-8-13(16(2,3)4)10-15(14)17(5,6)7/h8-12H,1-7H3. The summed E-state index contributed by atoms with van der Waals surface area (Å²) in [5.41, 5.74) is 3.98. The van der Waals surface area contributed by atoms with Gasteiger partial charge in [-0.2, -0.15) is 0 Å². The van der Waals surface area contributed by atoms with Gasteiger partial charge in [0.2, 0.25) is 0 Å². The first-order valence-electron chi connectivity index (χ1n) is 6.67. The van der Waals surface area contributed by atoms with Crippen molar-refractivity contribution in [2.75, 3.05) is 0 Å². The Kier molecular flexibility index (Phi) is 4.05. The molecule has 18 heavy (non-hydrogen) atoms. The fourth-order valence-electron chi connectivity index (χ4n) is 2.14. The molecule has 0 aromatic heterocycles. The van der Waals surface area contributed by atoms with Crippen molar-refractivity contribution in [3.63, 3.8) is 0 Å². The Bertz CT molecular complexity index is 430. The Morgan fingerprint density at radius 2 is 1.56 bits per heavy atom. The Hall–Kier alpha value is -1.11. The molecule has 1 rings (SSSR count). The molecule has 0 saturated heterocycles. The molecule has 0 radical (unpaired) electrons. The highest BCUT2D eigenvalue weighted by molar-refractivity contribution is 5.63. The van der Waals surface area contributed by atoms with Crippen LogP contribution in [0.3, 0.4) is 0 Å². The van der Waals surface area contributed by atoms with Crippen molar-refractivity contribution in [1.82, 2.24) is 0 Å². The maximum atomic E-state index is 11.1. The van der Waals surface area contributed by atoms with E-state index in [1.807, 2.05) is 6.92 Å². The topological polar surface area (TPSA) is 17.1 Å². The second kappa shape index (κ2) is 4.87. The fraction of sp³-hybridized carbons (Fsp3) is 0.588. The molecule has 1 aromatic carbocycles. The van der Waals surface area contributed by atoms with E-state index in [2.05, 4.69) is 59.7 Å². The third-order valence-corrected chi connectivity index (χ3v) is 3.42. The van der Waals surface area contributed by atoms with Gasteiger partial charge in [0.05, 0.1) is 0 Å². The van der Waals surface area contributed by atoms with E-state index in [-0.39, 0.29) is 16.7 Å². The normalized spacial score (nSPS) is 14.4. The van der Waals surface area contributed by atoms with Crippen LogP contribution in [-0.2, 0) is 15.6 Å². The van der Waals surface area contributed by atoms with Crippen LogP contribution in [-0.4, -0.2) is 6.29 Å². The lowest BCUT2D eigenvalue weighted by Crippen LogP contribution is -2.19. The molecule has 0 aliphatic rings. The van der Waals surface area contributed by atoms with Gasteiger partial charge in [-0.25, -0.2) is 0 Å². The molecule has 0 spiro atoms. The van der Waals surface area contributed by atoms with Crippen LogP contribution in [0, 0.1) is 0 Å². The minimum Gasteiger partial charge on any atom is -0.303 e. The average molecular weight is 246 g/mol. The number of aldehydes is 1. The number of rotatable bonds is 2. The van der Waals surface area contributed by atoms with Gasteiger partial charge in [-0.05, 0) is 27.5 Å². The van der Waals surface area contributed by atoms with Gasteiger partial charge in [0.1, 0.15) is 6.29 Å². The number of benzene rings is 1. The Balaban J connectivity index is 3.44. The van der Waals surface area contributed by atoms with E-state index in [0.717, 1.165) is 11.8 Å². The van der Waals surface area contributed by atoms with Crippen molar-refractivity contribution >= 4 is 6.29 Å². The highest BCUT2D eigenvalue weighted by Crippen LogP contribution is 2.34. The second-order valence-electron chi connectivity index (χ2n) is 7.23. The van der Waals surface area contributed by atoms with E-state index in [0.29, 0.717) is 0 Å². The number of hydrogen-bond acceptors (Lipinski definition) is 1. The summed E-state index contributed by atoms with van der Waals surface area (Å²) in [6, 6.07) is 6.56. The van der Waals surface area contributed by atoms with Crippen molar-refractivity contribution in [3.8, 4) is 0 Å². The first-order valence-corrected chi connectivity index (χ1v) is 6.67. The van der Waals surface area contributed by atoms with Crippen molar-refractivity contribution < 1.29 is 4.79 Å². The van der Waals surface area contributed by atoms with Crippen LogP contribution in [0.25, 0.3) is 0 Å². The van der Waals surface area contributed by atoms with Crippen LogP contribution < -0.4 is 0 Å². The highest BCUT2D eigenvalue weighted by Gasteiger charge is 2.23. The molecule has 0 saturated carbocycles. The van der Waals surface area contributed by atoms with Crippen molar-refractivity contribution in [3.05, 3.63) is 34.9 Å². The van der Waals surface area contributed by atoms with Crippen LogP contribution in [0.1, 0.15) is 71.1 Å². The summed E-state index contributed by atoms with van der Waals surface area (Å²) >= 11 is 0. The molecular formula is C17H26O. The molecule has 1 atom stereocenters. The van der Waals surface area contributed by atoms with Gasteiger partial charge >= 0.3 is 0 Å². The summed E-state index contributed by atoms with van der Waals surface area (Å²) in [4.78, 5) is 11.1. The third-order valence-electron chi connectivity index (χ3n) is 3.42. The van der Waals surface area contributed by atoms with Gasteiger partial charge in [-0.3, -0.25) is 0 Å². The van der Waals surface area contributed by atoms with Gasteiger partial charge < -0.3 is 4.79 Å². The maximum Gasteiger partial charge on any atom is 0.127 e. The van der Waals surface area contributed by atoms with E-state index in [4.69, 9.17) is 0 Å². The zero-order valence-electron chi connectivity index (χ0n) is 12.8. The van der Waals surface area contributed by atoms with E-state index in [1.165, 1.54) is 11.1 Å². The van der Waals surface area contributed by atoms with Crippen LogP contribution in [0.4, 0.5) is 0 Å². The summed E-state index contributed by atoms with van der Waals surface area (Å²) in [5.74, 6) is -0.0340. The second-order valence-corrected chi connectivity index (χ2v) is 7.23. The molecule has 1 heteroatoms. The molecule has 0 N–H and O–H groups in total. The van der Waals surface area contributed by atoms with Crippen LogP contribution in [0.2, 0.25) is 0 Å². The molecule has 0 aliphatic heterocycles. The molecule has 1 aromatic rings. The van der Waals surface area contributed by atoms with Crippen molar-refractivity contribution in [2.45, 2.75) is 65.2 Å². The summed E-state index contributed by atoms with van der Waals surface area (Å²) < 4.78 is 0. The van der Waals surface area contributed by atoms with Gasteiger partial charge in [-0.1, -0.05) is 66.7 Å². The van der Waals surface area contributed by atoms with Crippen LogP contribution in [0.5, 0.6) is 0 Å². The van der Waals surface area contributed by atoms with Crippen LogP contribution in [0.15, 0.2) is 18.2 Å². The quantitative estimate of drug-likeness (QED) is 0.698. The van der Waals surface area contributed by atoms with E-state index in [1.54, 1.807) is 0 Å². The summed E-state index contributed by atoms with van der Waals surface area (Å²) in [6.45, 7) is 15.2. The molecule has 100 valence electrons. The van der Waals surface area contributed by atoms with E-state index < -0.39 is 0 Å². The maximum absolute atomic E-state index is 11.1. The predicted molar refractivity (Wildman–Crippen MR) is 78.3 cm³/mol. The Morgan fingerprint density at radius 1 is 1.00 bits per heavy atom. The monoisotopic (exact) mass is 246 g/mol. The molecule has 0 aliphatic carbocycles.